The summed E-state index contributed by atoms with van der Waals surface area (Å²) in [5.74, 6) is -7.50. The highest BCUT2D eigenvalue weighted by atomic mass is 16.7. The average molecular weight is 726 g/mol. The number of aliphatic hydroxyl groups excluding tert-OH is 2. The number of carbonyl (C=O) groups excluding carboxylic acids is 3. The van der Waals surface area contributed by atoms with Crippen molar-refractivity contribution < 1.29 is 54.2 Å². The standard InChI is InChI=1S/C32H41N5O5.C4H6O6/c1-17(2)12-25-29(39)36-11-7-10-26(36)32(41)37(25)30(40)31(42-32,18(3)4)34-28(38)20-13-22-21-8-6-9-23-27(21)19(15-33-23)14-24(22)35(5)16-20;5-1(3(7)8)2(6)4(9)10/h6,8-9,13,15,17-18,20,24-26,33,41H,7,10-12,14,16H2,1-5H3,(H,34,38);1-2,5-6H,(H,7,8)(H,9,10)/t20-,24-,25+,26+,31-,32+;1-,2-/m11/s1. The van der Waals surface area contributed by atoms with Gasteiger partial charge in [0, 0.05) is 42.1 Å². The largest absolute Gasteiger partial charge is 0.479 e. The summed E-state index contributed by atoms with van der Waals surface area (Å²) >= 11 is 0. The minimum absolute atomic E-state index is 0.108. The van der Waals surface area contributed by atoms with Crippen LogP contribution in [-0.2, 0) is 35.1 Å². The van der Waals surface area contributed by atoms with Crippen molar-refractivity contribution in [1.29, 1.82) is 0 Å². The molecule has 8 atom stereocenters. The zero-order chi connectivity index (χ0) is 38.0. The fourth-order valence-corrected chi connectivity index (χ4v) is 8.37. The predicted octanol–water partition coefficient (Wildman–Crippen LogP) is 0.308. The Morgan fingerprint density at radius 3 is 2.37 bits per heavy atom. The molecule has 16 heteroatoms. The minimum atomic E-state index is -2.27. The van der Waals surface area contributed by atoms with E-state index in [1.54, 1.807) is 4.90 Å². The molecule has 5 aliphatic rings. The zero-order valence-corrected chi connectivity index (χ0v) is 29.8. The summed E-state index contributed by atoms with van der Waals surface area (Å²) < 4.78 is 6.43. The minimum Gasteiger partial charge on any atom is -0.479 e. The molecule has 4 aliphatic heterocycles. The maximum absolute atomic E-state index is 14.4. The van der Waals surface area contributed by atoms with Gasteiger partial charge in [-0.1, -0.05) is 45.9 Å². The molecule has 0 spiro atoms. The fraction of sp³-hybridized carbons (Fsp3) is 0.583. The van der Waals surface area contributed by atoms with Crippen molar-refractivity contribution in [2.24, 2.45) is 17.8 Å². The number of ether oxygens (including phenoxy) is 1. The first kappa shape index (κ1) is 37.4. The van der Waals surface area contributed by atoms with Gasteiger partial charge in [-0.2, -0.15) is 0 Å². The van der Waals surface area contributed by atoms with Crippen LogP contribution in [0, 0.1) is 17.8 Å². The van der Waals surface area contributed by atoms with Gasteiger partial charge in [0.2, 0.25) is 17.5 Å². The Morgan fingerprint density at radius 2 is 1.75 bits per heavy atom. The van der Waals surface area contributed by atoms with E-state index in [4.69, 9.17) is 25.2 Å². The normalized spacial score (nSPS) is 30.7. The molecule has 3 fully saturated rings. The number of carboxylic acid groups (broad SMARTS) is 2. The van der Waals surface area contributed by atoms with E-state index in [1.807, 2.05) is 46.9 Å². The summed E-state index contributed by atoms with van der Waals surface area (Å²) in [4.78, 5) is 70.2. The number of fused-ring (bicyclic) bond motifs is 5. The Morgan fingerprint density at radius 1 is 1.08 bits per heavy atom. The van der Waals surface area contributed by atoms with Gasteiger partial charge in [-0.15, -0.1) is 0 Å². The predicted molar refractivity (Wildman–Crippen MR) is 184 cm³/mol. The van der Waals surface area contributed by atoms with E-state index < -0.39 is 65.6 Å². The molecule has 2 aromatic rings. The number of H-pyrrole nitrogens is 1. The number of aliphatic hydroxyl groups is 3. The number of rotatable bonds is 8. The van der Waals surface area contributed by atoms with Crippen LogP contribution >= 0.6 is 0 Å². The second kappa shape index (κ2) is 13.6. The molecule has 3 amide bonds. The summed E-state index contributed by atoms with van der Waals surface area (Å²) in [6.45, 7) is 8.60. The van der Waals surface area contributed by atoms with Crippen LogP contribution < -0.4 is 5.32 Å². The van der Waals surface area contributed by atoms with Gasteiger partial charge in [-0.05, 0) is 61.4 Å². The van der Waals surface area contributed by atoms with E-state index in [0.29, 0.717) is 25.9 Å². The first-order valence-corrected chi connectivity index (χ1v) is 17.6. The first-order valence-electron chi connectivity index (χ1n) is 17.6. The molecule has 5 heterocycles. The van der Waals surface area contributed by atoms with Crippen molar-refractivity contribution in [2.45, 2.75) is 95.3 Å². The Balaban J connectivity index is 0.000000408. The Bertz CT molecular complexity index is 1810. The van der Waals surface area contributed by atoms with Gasteiger partial charge in [0.05, 0.1) is 5.92 Å². The van der Waals surface area contributed by atoms with Crippen molar-refractivity contribution in [3.8, 4) is 0 Å². The molecule has 7 rings (SSSR count). The molecule has 52 heavy (non-hydrogen) atoms. The molecular formula is C36H47N5O11. The van der Waals surface area contributed by atoms with E-state index >= 15 is 0 Å². The number of amides is 3. The second-order valence-electron chi connectivity index (χ2n) is 15.1. The zero-order valence-electron chi connectivity index (χ0n) is 29.8. The summed E-state index contributed by atoms with van der Waals surface area (Å²) in [6.07, 6.45) is 2.09. The van der Waals surface area contributed by atoms with Crippen LogP contribution in [0.3, 0.4) is 0 Å². The van der Waals surface area contributed by atoms with Gasteiger partial charge in [-0.3, -0.25) is 28.9 Å². The maximum atomic E-state index is 14.4. The molecule has 3 saturated heterocycles. The molecule has 16 nitrogen and oxygen atoms in total. The molecule has 0 saturated carbocycles. The summed E-state index contributed by atoms with van der Waals surface area (Å²) in [6, 6.07) is 4.84. The van der Waals surface area contributed by atoms with Gasteiger partial charge in [0.1, 0.15) is 12.1 Å². The van der Waals surface area contributed by atoms with Crippen LogP contribution in [0.2, 0.25) is 0 Å². The lowest BCUT2D eigenvalue weighted by Crippen LogP contribution is -2.71. The number of hydrogen-bond acceptors (Lipinski definition) is 10. The topological polar surface area (TPSA) is 233 Å². The van der Waals surface area contributed by atoms with Crippen LogP contribution in [0.25, 0.3) is 16.5 Å². The van der Waals surface area contributed by atoms with Gasteiger partial charge < -0.3 is 40.7 Å². The third kappa shape index (κ3) is 5.95. The van der Waals surface area contributed by atoms with Crippen molar-refractivity contribution in [2.75, 3.05) is 20.1 Å². The number of aromatic nitrogens is 1. The molecule has 1 aromatic carbocycles. The van der Waals surface area contributed by atoms with Gasteiger partial charge in [-0.25, -0.2) is 9.59 Å². The maximum Gasteiger partial charge on any atom is 0.335 e. The number of aliphatic carboxylic acids is 2. The molecule has 0 radical (unpaired) electrons. The number of carboxylic acids is 2. The quantitative estimate of drug-likeness (QED) is 0.195. The van der Waals surface area contributed by atoms with Gasteiger partial charge >= 0.3 is 11.9 Å². The highest BCUT2D eigenvalue weighted by Gasteiger charge is 2.72. The molecule has 282 valence electrons. The van der Waals surface area contributed by atoms with E-state index in [1.165, 1.54) is 15.8 Å². The monoisotopic (exact) mass is 725 g/mol. The Labute approximate surface area is 300 Å². The summed E-state index contributed by atoms with van der Waals surface area (Å²) in [5, 5.41) is 48.8. The van der Waals surface area contributed by atoms with Crippen molar-refractivity contribution >= 4 is 46.1 Å². The van der Waals surface area contributed by atoms with E-state index in [-0.39, 0.29) is 23.8 Å². The van der Waals surface area contributed by atoms with Crippen molar-refractivity contribution in [3.63, 3.8) is 0 Å². The van der Waals surface area contributed by atoms with E-state index in [9.17, 15) is 29.1 Å². The molecule has 0 unspecified atom stereocenters. The number of nitrogens with zero attached hydrogens (tertiary/aromatic N) is 3. The molecular weight excluding hydrogens is 678 g/mol. The Hall–Kier alpha value is -4.35. The molecule has 0 bridgehead atoms. The van der Waals surface area contributed by atoms with E-state index in [2.05, 4.69) is 33.5 Å². The van der Waals surface area contributed by atoms with Gasteiger partial charge in [0.15, 0.2) is 12.2 Å². The smallest absolute Gasteiger partial charge is 0.335 e. The highest BCUT2D eigenvalue weighted by Crippen LogP contribution is 2.48. The fourth-order valence-electron chi connectivity index (χ4n) is 8.37. The number of piperazine rings is 1. The number of benzene rings is 1. The van der Waals surface area contributed by atoms with Crippen LogP contribution in [0.4, 0.5) is 0 Å². The summed E-state index contributed by atoms with van der Waals surface area (Å²) in [5.41, 5.74) is 2.79. The van der Waals surface area contributed by atoms with Crippen LogP contribution in [0.15, 0.2) is 30.5 Å². The third-order valence-corrected chi connectivity index (χ3v) is 11.0. The first-order chi connectivity index (χ1) is 24.4. The van der Waals surface area contributed by atoms with Crippen molar-refractivity contribution in [3.05, 3.63) is 41.6 Å². The third-order valence-electron chi connectivity index (χ3n) is 11.0. The highest BCUT2D eigenvalue weighted by molar-refractivity contribution is 6.01. The van der Waals surface area contributed by atoms with Crippen LogP contribution in [0.5, 0.6) is 0 Å². The number of hydrogen-bond donors (Lipinski definition) is 7. The lowest BCUT2D eigenvalue weighted by atomic mass is 9.79. The Kier molecular flexibility index (Phi) is 9.76. The van der Waals surface area contributed by atoms with Gasteiger partial charge in [0.25, 0.3) is 11.8 Å². The second-order valence-corrected chi connectivity index (χ2v) is 15.1. The SMILES string of the molecule is CC(C)C[C@H]1C(=O)N2CCC[C@H]2[C@]2(O)O[C@](NC(=O)[C@@H]3C=C4c5cccc6[nH]cc(c56)C[C@H]4N(C)C3)(C(C)C)C(=O)N12.O=C(O)[C@H](O)[C@@H](O)C(=O)O. The van der Waals surface area contributed by atoms with Crippen LogP contribution in [0.1, 0.15) is 58.1 Å². The van der Waals surface area contributed by atoms with E-state index in [0.717, 1.165) is 29.5 Å². The average Bonchev–Trinajstić information content (AvgIpc) is 3.80. The lowest BCUT2D eigenvalue weighted by molar-refractivity contribution is -0.322. The molecule has 1 aromatic heterocycles. The van der Waals surface area contributed by atoms with Crippen LogP contribution in [-0.4, -0.2) is 137 Å². The summed E-state index contributed by atoms with van der Waals surface area (Å²) in [7, 11) is 2.03. The molecule has 1 aliphatic carbocycles. The van der Waals surface area contributed by atoms with Crippen molar-refractivity contribution in [1.82, 2.24) is 25.0 Å². The number of carbonyl (C=O) groups is 5. The lowest BCUT2D eigenvalue weighted by Gasteiger charge is -2.49. The molecule has 7 N–H and O–H groups in total. The number of aromatic amines is 1. The number of nitrogens with one attached hydrogen (secondary N) is 2. The number of likely N-dealkylation sites (N-methyl/N-ethyl adjacent to an activating group) is 1.